The van der Waals surface area contributed by atoms with Crippen molar-refractivity contribution in [3.8, 4) is 17.3 Å². The first-order valence-electron chi connectivity index (χ1n) is 6.40. The van der Waals surface area contributed by atoms with Crippen molar-refractivity contribution in [3.05, 3.63) is 47.3 Å². The molecule has 3 rings (SSSR count). The summed E-state index contributed by atoms with van der Waals surface area (Å²) in [7, 11) is 1.86. The number of benzene rings is 1. The zero-order valence-corrected chi connectivity index (χ0v) is 11.7. The number of aryl methyl sites for hydroxylation is 3. The molecule has 4 heteroatoms. The van der Waals surface area contributed by atoms with Crippen molar-refractivity contribution >= 4 is 10.9 Å². The smallest absolute Gasteiger partial charge is 0.110 e. The topological polar surface area (TPSA) is 54.5 Å². The summed E-state index contributed by atoms with van der Waals surface area (Å²) < 4.78 is 1.73. The minimum Gasteiger partial charge on any atom is -0.275 e. The summed E-state index contributed by atoms with van der Waals surface area (Å²) >= 11 is 0. The Kier molecular flexibility index (Phi) is 2.76. The third-order valence-corrected chi connectivity index (χ3v) is 3.49. The van der Waals surface area contributed by atoms with Crippen LogP contribution in [0.15, 0.2) is 30.5 Å². The SMILES string of the molecule is Cc1ccc(-c2cc(C#N)c3nn(C)cc3c2)nc1C. The van der Waals surface area contributed by atoms with Gasteiger partial charge in [-0.2, -0.15) is 10.4 Å². The maximum atomic E-state index is 9.30. The lowest BCUT2D eigenvalue weighted by Crippen LogP contribution is -1.91. The highest BCUT2D eigenvalue weighted by Gasteiger charge is 2.10. The van der Waals surface area contributed by atoms with Crippen LogP contribution < -0.4 is 0 Å². The number of nitrogens with zero attached hydrogens (tertiary/aromatic N) is 4. The van der Waals surface area contributed by atoms with Crippen molar-refractivity contribution in [2.75, 3.05) is 0 Å². The summed E-state index contributed by atoms with van der Waals surface area (Å²) in [6.07, 6.45) is 1.92. The van der Waals surface area contributed by atoms with Crippen molar-refractivity contribution in [3.63, 3.8) is 0 Å². The second-order valence-corrected chi connectivity index (χ2v) is 4.98. The number of hydrogen-bond donors (Lipinski definition) is 0. The molecule has 0 N–H and O–H groups in total. The molecule has 0 atom stereocenters. The molecule has 0 fully saturated rings. The molecule has 0 bridgehead atoms. The van der Waals surface area contributed by atoms with Gasteiger partial charge < -0.3 is 0 Å². The molecule has 0 unspecified atom stereocenters. The second kappa shape index (κ2) is 4.46. The predicted molar refractivity (Wildman–Crippen MR) is 78.1 cm³/mol. The van der Waals surface area contributed by atoms with E-state index >= 15 is 0 Å². The van der Waals surface area contributed by atoms with Crippen LogP contribution in [-0.4, -0.2) is 14.8 Å². The fourth-order valence-electron chi connectivity index (χ4n) is 2.28. The first-order valence-corrected chi connectivity index (χ1v) is 6.40. The number of fused-ring (bicyclic) bond motifs is 1. The van der Waals surface area contributed by atoms with Gasteiger partial charge in [0.15, 0.2) is 0 Å². The van der Waals surface area contributed by atoms with Crippen molar-refractivity contribution in [1.29, 1.82) is 5.26 Å². The van der Waals surface area contributed by atoms with Crippen LogP contribution in [0, 0.1) is 25.2 Å². The average molecular weight is 262 g/mol. The lowest BCUT2D eigenvalue weighted by atomic mass is 10.0. The minimum atomic E-state index is 0.582. The molecule has 0 aliphatic heterocycles. The van der Waals surface area contributed by atoms with Crippen LogP contribution in [0.5, 0.6) is 0 Å². The molecule has 1 aromatic carbocycles. The molecule has 0 radical (unpaired) electrons. The van der Waals surface area contributed by atoms with Gasteiger partial charge in [-0.25, -0.2) is 0 Å². The molecule has 20 heavy (non-hydrogen) atoms. The van der Waals surface area contributed by atoms with Crippen LogP contribution in [0.25, 0.3) is 22.2 Å². The van der Waals surface area contributed by atoms with Crippen molar-refractivity contribution < 1.29 is 0 Å². The molecule has 0 aliphatic rings. The molecule has 4 nitrogen and oxygen atoms in total. The Labute approximate surface area is 117 Å². The monoisotopic (exact) mass is 262 g/mol. The van der Waals surface area contributed by atoms with E-state index in [-0.39, 0.29) is 0 Å². The van der Waals surface area contributed by atoms with Gasteiger partial charge >= 0.3 is 0 Å². The van der Waals surface area contributed by atoms with Gasteiger partial charge in [0.2, 0.25) is 0 Å². The van der Waals surface area contributed by atoms with Gasteiger partial charge in [-0.1, -0.05) is 6.07 Å². The predicted octanol–water partition coefficient (Wildman–Crippen LogP) is 3.12. The van der Waals surface area contributed by atoms with Crippen molar-refractivity contribution in [1.82, 2.24) is 14.8 Å². The fourth-order valence-corrected chi connectivity index (χ4v) is 2.28. The van der Waals surface area contributed by atoms with E-state index in [1.165, 1.54) is 0 Å². The van der Waals surface area contributed by atoms with Crippen LogP contribution in [-0.2, 0) is 7.05 Å². The van der Waals surface area contributed by atoms with Crippen molar-refractivity contribution in [2.24, 2.45) is 7.05 Å². The molecule has 0 spiro atoms. The highest BCUT2D eigenvalue weighted by atomic mass is 15.2. The zero-order valence-electron chi connectivity index (χ0n) is 11.7. The van der Waals surface area contributed by atoms with E-state index < -0.39 is 0 Å². The van der Waals surface area contributed by atoms with Gasteiger partial charge in [0.1, 0.15) is 11.6 Å². The Morgan fingerprint density at radius 3 is 2.70 bits per heavy atom. The molecule has 2 heterocycles. The molecular formula is C16H14N4. The van der Waals surface area contributed by atoms with E-state index in [1.54, 1.807) is 4.68 Å². The summed E-state index contributed by atoms with van der Waals surface area (Å²) in [4.78, 5) is 4.60. The van der Waals surface area contributed by atoms with Crippen LogP contribution in [0.4, 0.5) is 0 Å². The Morgan fingerprint density at radius 2 is 2.00 bits per heavy atom. The lowest BCUT2D eigenvalue weighted by molar-refractivity contribution is 0.779. The Bertz CT molecular complexity index is 853. The van der Waals surface area contributed by atoms with Gasteiger partial charge in [-0.3, -0.25) is 9.67 Å². The van der Waals surface area contributed by atoms with E-state index in [0.29, 0.717) is 5.56 Å². The molecular weight excluding hydrogens is 248 g/mol. The van der Waals surface area contributed by atoms with E-state index in [0.717, 1.165) is 33.4 Å². The first-order chi connectivity index (χ1) is 9.58. The Morgan fingerprint density at radius 1 is 1.20 bits per heavy atom. The molecule has 0 saturated carbocycles. The summed E-state index contributed by atoms with van der Waals surface area (Å²) in [5.74, 6) is 0. The molecule has 0 aliphatic carbocycles. The first kappa shape index (κ1) is 12.4. The lowest BCUT2D eigenvalue weighted by Gasteiger charge is -2.05. The van der Waals surface area contributed by atoms with Gasteiger partial charge in [0.25, 0.3) is 0 Å². The maximum absolute atomic E-state index is 9.30. The average Bonchev–Trinajstić information content (AvgIpc) is 2.80. The van der Waals surface area contributed by atoms with E-state index in [2.05, 4.69) is 22.2 Å². The molecule has 0 amide bonds. The number of nitriles is 1. The van der Waals surface area contributed by atoms with E-state index in [9.17, 15) is 5.26 Å². The quantitative estimate of drug-likeness (QED) is 0.677. The van der Waals surface area contributed by atoms with Crippen molar-refractivity contribution in [2.45, 2.75) is 13.8 Å². The third kappa shape index (κ3) is 1.94. The molecule has 98 valence electrons. The summed E-state index contributed by atoms with van der Waals surface area (Å²) in [6.45, 7) is 4.03. The number of hydrogen-bond acceptors (Lipinski definition) is 3. The largest absolute Gasteiger partial charge is 0.275 e. The Hall–Kier alpha value is -2.67. The zero-order chi connectivity index (χ0) is 14.3. The summed E-state index contributed by atoms with van der Waals surface area (Å²) in [6, 6.07) is 10.1. The maximum Gasteiger partial charge on any atom is 0.110 e. The summed E-state index contributed by atoms with van der Waals surface area (Å²) in [5, 5.41) is 14.6. The van der Waals surface area contributed by atoms with Gasteiger partial charge in [-0.15, -0.1) is 0 Å². The van der Waals surface area contributed by atoms with Crippen LogP contribution in [0.1, 0.15) is 16.8 Å². The van der Waals surface area contributed by atoms with Crippen LogP contribution >= 0.6 is 0 Å². The minimum absolute atomic E-state index is 0.582. The fraction of sp³-hybridized carbons (Fsp3) is 0.188. The number of rotatable bonds is 1. The van der Waals surface area contributed by atoms with E-state index in [1.807, 2.05) is 45.3 Å². The normalized spacial score (nSPS) is 10.7. The van der Waals surface area contributed by atoms with Gasteiger partial charge in [0, 0.05) is 29.9 Å². The highest BCUT2D eigenvalue weighted by molar-refractivity contribution is 5.88. The molecule has 0 saturated heterocycles. The Balaban J connectivity index is 2.26. The van der Waals surface area contributed by atoms with Gasteiger partial charge in [-0.05, 0) is 37.6 Å². The summed E-state index contributed by atoms with van der Waals surface area (Å²) in [5.41, 5.74) is 5.32. The standard InChI is InChI=1S/C16H14N4/c1-10-4-5-15(18-11(10)2)12-6-13(8-17)16-14(7-12)9-20(3)19-16/h4-7,9H,1-3H3. The second-order valence-electron chi connectivity index (χ2n) is 4.98. The van der Waals surface area contributed by atoms with E-state index in [4.69, 9.17) is 0 Å². The van der Waals surface area contributed by atoms with Gasteiger partial charge in [0.05, 0.1) is 11.3 Å². The number of aromatic nitrogens is 3. The third-order valence-electron chi connectivity index (χ3n) is 3.49. The number of pyridine rings is 1. The van der Waals surface area contributed by atoms with Crippen LogP contribution in [0.3, 0.4) is 0 Å². The molecule has 2 aromatic heterocycles. The molecule has 3 aromatic rings. The van der Waals surface area contributed by atoms with Crippen LogP contribution in [0.2, 0.25) is 0 Å². The highest BCUT2D eigenvalue weighted by Crippen LogP contribution is 2.26.